The molecule has 3 saturated heterocycles. The SMILES string of the molecule is CC(C)(C)OC(=O)N1C2CCC1CC(c1ccc(NC(=O)C3CN(c4cccnn4)C3)cc1)C2. The standard InChI is InChI=1S/C26H33N5O3/c1-26(2,3)34-25(33)31-21-10-11-22(31)14-18(13-21)17-6-8-20(9-7-17)28-24(32)19-15-30(16-19)23-5-4-12-27-29-23/h4-9,12,18-19,21-22H,10-11,13-16H2,1-3H3,(H,28,32). The zero-order chi connectivity index (χ0) is 23.9. The maximum absolute atomic E-state index is 12.7. The molecule has 3 aliphatic rings. The Balaban J connectivity index is 1.14. The number of aromatic nitrogens is 2. The Morgan fingerprint density at radius 3 is 2.29 bits per heavy atom. The number of fused-ring (bicyclic) bond motifs is 2. The second-order valence-corrected chi connectivity index (χ2v) is 10.7. The number of ether oxygens (including phenoxy) is 1. The van der Waals surface area contributed by atoms with Crippen LogP contribution in [0, 0.1) is 5.92 Å². The molecule has 34 heavy (non-hydrogen) atoms. The molecule has 8 heteroatoms. The second-order valence-electron chi connectivity index (χ2n) is 10.7. The van der Waals surface area contributed by atoms with E-state index >= 15 is 0 Å². The molecule has 0 radical (unpaired) electrons. The van der Waals surface area contributed by atoms with Gasteiger partial charge in [0, 0.05) is 37.1 Å². The van der Waals surface area contributed by atoms with Crippen molar-refractivity contribution < 1.29 is 14.3 Å². The van der Waals surface area contributed by atoms with Gasteiger partial charge in [0.05, 0.1) is 5.92 Å². The number of nitrogens with zero attached hydrogens (tertiary/aromatic N) is 4. The minimum atomic E-state index is -0.471. The predicted octanol–water partition coefficient (Wildman–Crippen LogP) is 4.20. The number of hydrogen-bond acceptors (Lipinski definition) is 6. The first kappa shape index (κ1) is 22.6. The van der Waals surface area contributed by atoms with Crippen LogP contribution in [-0.2, 0) is 9.53 Å². The number of benzene rings is 1. The molecule has 1 N–H and O–H groups in total. The van der Waals surface area contributed by atoms with Gasteiger partial charge in [-0.2, -0.15) is 5.10 Å². The van der Waals surface area contributed by atoms with Gasteiger partial charge in [0.2, 0.25) is 5.91 Å². The van der Waals surface area contributed by atoms with Gasteiger partial charge in [0.15, 0.2) is 5.82 Å². The van der Waals surface area contributed by atoms with E-state index in [0.717, 1.165) is 37.2 Å². The molecule has 0 saturated carbocycles. The van der Waals surface area contributed by atoms with Crippen molar-refractivity contribution in [3.05, 3.63) is 48.2 Å². The Morgan fingerprint density at radius 1 is 1.03 bits per heavy atom. The van der Waals surface area contributed by atoms with E-state index < -0.39 is 5.60 Å². The van der Waals surface area contributed by atoms with E-state index in [1.807, 2.05) is 49.9 Å². The molecular formula is C26H33N5O3. The molecule has 2 atom stereocenters. The highest BCUT2D eigenvalue weighted by Crippen LogP contribution is 2.43. The van der Waals surface area contributed by atoms with Crippen LogP contribution in [0.25, 0.3) is 0 Å². The Hall–Kier alpha value is -3.16. The highest BCUT2D eigenvalue weighted by molar-refractivity contribution is 5.94. The van der Waals surface area contributed by atoms with Gasteiger partial charge in [-0.15, -0.1) is 5.10 Å². The van der Waals surface area contributed by atoms with E-state index in [1.54, 1.807) is 6.20 Å². The fraction of sp³-hybridized carbons (Fsp3) is 0.538. The maximum atomic E-state index is 12.7. The van der Waals surface area contributed by atoms with Crippen molar-refractivity contribution in [1.82, 2.24) is 15.1 Å². The van der Waals surface area contributed by atoms with E-state index in [-0.39, 0.29) is 30.0 Å². The van der Waals surface area contributed by atoms with Crippen LogP contribution in [0.4, 0.5) is 16.3 Å². The first-order valence-corrected chi connectivity index (χ1v) is 12.2. The highest BCUT2D eigenvalue weighted by atomic mass is 16.6. The molecule has 2 bridgehead atoms. The Labute approximate surface area is 200 Å². The van der Waals surface area contributed by atoms with Crippen LogP contribution in [0.3, 0.4) is 0 Å². The topological polar surface area (TPSA) is 87.7 Å². The first-order chi connectivity index (χ1) is 16.3. The van der Waals surface area contributed by atoms with E-state index in [9.17, 15) is 9.59 Å². The number of carbonyl (C=O) groups excluding carboxylic acids is 2. The lowest BCUT2D eigenvalue weighted by Gasteiger charge is -2.39. The molecule has 3 aliphatic heterocycles. The summed E-state index contributed by atoms with van der Waals surface area (Å²) in [5.41, 5.74) is 1.62. The number of hydrogen-bond donors (Lipinski definition) is 1. The Bertz CT molecular complexity index is 1020. The molecule has 5 rings (SSSR count). The number of nitrogens with one attached hydrogen (secondary N) is 1. The monoisotopic (exact) mass is 463 g/mol. The summed E-state index contributed by atoms with van der Waals surface area (Å²) in [4.78, 5) is 29.4. The molecule has 0 spiro atoms. The van der Waals surface area contributed by atoms with Crippen molar-refractivity contribution in [2.45, 2.75) is 70.1 Å². The lowest BCUT2D eigenvalue weighted by Crippen LogP contribution is -2.52. The van der Waals surface area contributed by atoms with Gasteiger partial charge < -0.3 is 19.9 Å². The van der Waals surface area contributed by atoms with Crippen molar-refractivity contribution in [3.8, 4) is 0 Å². The molecule has 180 valence electrons. The summed E-state index contributed by atoms with van der Waals surface area (Å²) in [6.07, 6.45) is 5.48. The van der Waals surface area contributed by atoms with Crippen molar-refractivity contribution in [2.75, 3.05) is 23.3 Å². The summed E-state index contributed by atoms with van der Waals surface area (Å²) >= 11 is 0. The molecule has 2 unspecified atom stereocenters. The third-order valence-electron chi connectivity index (χ3n) is 7.12. The van der Waals surface area contributed by atoms with Crippen molar-refractivity contribution in [2.24, 2.45) is 5.92 Å². The van der Waals surface area contributed by atoms with E-state index in [2.05, 4.69) is 32.5 Å². The molecule has 1 aromatic carbocycles. The van der Waals surface area contributed by atoms with Crippen LogP contribution in [0.2, 0.25) is 0 Å². The molecule has 2 aromatic rings. The van der Waals surface area contributed by atoms with Gasteiger partial charge in [0.25, 0.3) is 0 Å². The van der Waals surface area contributed by atoms with Crippen LogP contribution < -0.4 is 10.2 Å². The number of rotatable bonds is 4. The fourth-order valence-electron chi connectivity index (χ4n) is 5.44. The van der Waals surface area contributed by atoms with Gasteiger partial charge in [-0.1, -0.05) is 12.1 Å². The summed E-state index contributed by atoms with van der Waals surface area (Å²) in [5.74, 6) is 1.22. The normalized spacial score (nSPS) is 24.5. The van der Waals surface area contributed by atoms with Crippen LogP contribution in [-0.4, -0.2) is 57.9 Å². The third kappa shape index (κ3) is 4.72. The first-order valence-electron chi connectivity index (χ1n) is 12.2. The van der Waals surface area contributed by atoms with Crippen LogP contribution in [0.5, 0.6) is 0 Å². The average Bonchev–Trinajstić information content (AvgIpc) is 3.03. The van der Waals surface area contributed by atoms with Gasteiger partial charge >= 0.3 is 6.09 Å². The van der Waals surface area contributed by atoms with Gasteiger partial charge in [-0.3, -0.25) is 4.79 Å². The van der Waals surface area contributed by atoms with Crippen LogP contribution >= 0.6 is 0 Å². The summed E-state index contributed by atoms with van der Waals surface area (Å²) in [6, 6.07) is 12.5. The van der Waals surface area contributed by atoms with Crippen molar-refractivity contribution in [1.29, 1.82) is 0 Å². The lowest BCUT2D eigenvalue weighted by atomic mass is 9.85. The second kappa shape index (κ2) is 8.89. The smallest absolute Gasteiger partial charge is 0.410 e. The van der Waals surface area contributed by atoms with Gasteiger partial charge in [-0.05, 0) is 82.2 Å². The number of carbonyl (C=O) groups is 2. The molecular weight excluding hydrogens is 430 g/mol. The molecule has 2 amide bonds. The van der Waals surface area contributed by atoms with Crippen molar-refractivity contribution in [3.63, 3.8) is 0 Å². The van der Waals surface area contributed by atoms with Gasteiger partial charge in [-0.25, -0.2) is 4.79 Å². The molecule has 8 nitrogen and oxygen atoms in total. The fourth-order valence-corrected chi connectivity index (χ4v) is 5.44. The highest BCUT2D eigenvalue weighted by Gasteiger charge is 2.45. The molecule has 4 heterocycles. The third-order valence-corrected chi connectivity index (χ3v) is 7.12. The van der Waals surface area contributed by atoms with Crippen LogP contribution in [0.15, 0.2) is 42.6 Å². The Kier molecular flexibility index (Phi) is 5.91. The summed E-state index contributed by atoms with van der Waals surface area (Å²) in [7, 11) is 0. The Morgan fingerprint density at radius 2 is 1.71 bits per heavy atom. The summed E-state index contributed by atoms with van der Waals surface area (Å²) in [6.45, 7) is 7.06. The van der Waals surface area contributed by atoms with Gasteiger partial charge in [0.1, 0.15) is 5.60 Å². The average molecular weight is 464 g/mol. The zero-order valence-electron chi connectivity index (χ0n) is 20.1. The predicted molar refractivity (Wildman–Crippen MR) is 130 cm³/mol. The minimum absolute atomic E-state index is 0.0385. The largest absolute Gasteiger partial charge is 0.444 e. The lowest BCUT2D eigenvalue weighted by molar-refractivity contribution is -0.120. The number of anilines is 2. The number of piperidine rings is 1. The zero-order valence-corrected chi connectivity index (χ0v) is 20.1. The van der Waals surface area contributed by atoms with E-state index in [0.29, 0.717) is 19.0 Å². The maximum Gasteiger partial charge on any atom is 0.410 e. The quantitative estimate of drug-likeness (QED) is 0.731. The van der Waals surface area contributed by atoms with Crippen LogP contribution in [0.1, 0.15) is 57.9 Å². The minimum Gasteiger partial charge on any atom is -0.444 e. The summed E-state index contributed by atoms with van der Waals surface area (Å²) < 4.78 is 5.65. The van der Waals surface area contributed by atoms with E-state index in [1.165, 1.54) is 5.56 Å². The number of amides is 2. The van der Waals surface area contributed by atoms with E-state index in [4.69, 9.17) is 4.74 Å². The summed E-state index contributed by atoms with van der Waals surface area (Å²) in [5, 5.41) is 11.0. The molecule has 1 aromatic heterocycles. The molecule has 0 aliphatic carbocycles. The molecule has 3 fully saturated rings. The van der Waals surface area contributed by atoms with Crippen molar-refractivity contribution >= 4 is 23.5 Å².